The Bertz CT molecular complexity index is 955. The summed E-state index contributed by atoms with van der Waals surface area (Å²) in [6.45, 7) is 0. The number of H-pyrrole nitrogens is 1. The molecule has 8 heteroatoms. The summed E-state index contributed by atoms with van der Waals surface area (Å²) in [6, 6.07) is 7.04. The Kier molecular flexibility index (Phi) is 2.40. The molecule has 102 valence electrons. The second-order valence-corrected chi connectivity index (χ2v) is 4.43. The minimum atomic E-state index is -0.272. The maximum absolute atomic E-state index is 12.3. The molecule has 0 atom stereocenters. The van der Waals surface area contributed by atoms with Crippen LogP contribution in [-0.4, -0.2) is 35.9 Å². The van der Waals surface area contributed by atoms with Crippen molar-refractivity contribution in [2.24, 2.45) is 0 Å². The highest BCUT2D eigenvalue weighted by Crippen LogP contribution is 2.16. The van der Waals surface area contributed by atoms with Crippen molar-refractivity contribution in [2.75, 3.05) is 5.32 Å². The molecular weight excluding hydrogens is 270 g/mol. The van der Waals surface area contributed by atoms with Crippen LogP contribution in [0.15, 0.2) is 42.9 Å². The lowest BCUT2D eigenvalue weighted by Gasteiger charge is -2.03. The Labute approximate surface area is 117 Å². The first-order chi connectivity index (χ1) is 10.3. The average molecular weight is 279 g/mol. The summed E-state index contributed by atoms with van der Waals surface area (Å²) in [7, 11) is 0. The number of nitrogens with one attached hydrogen (secondary N) is 2. The van der Waals surface area contributed by atoms with Crippen molar-refractivity contribution >= 4 is 28.3 Å². The molecule has 8 nitrogen and oxygen atoms in total. The zero-order valence-electron chi connectivity index (χ0n) is 10.7. The van der Waals surface area contributed by atoms with E-state index in [0.29, 0.717) is 22.4 Å². The van der Waals surface area contributed by atoms with Crippen LogP contribution >= 0.6 is 0 Å². The van der Waals surface area contributed by atoms with Gasteiger partial charge in [0.1, 0.15) is 16.6 Å². The molecule has 0 aliphatic carbocycles. The number of rotatable bonds is 2. The van der Waals surface area contributed by atoms with Crippen LogP contribution in [-0.2, 0) is 0 Å². The molecule has 1 amide bonds. The number of benzene rings is 1. The van der Waals surface area contributed by atoms with Crippen molar-refractivity contribution in [3.63, 3.8) is 0 Å². The Morgan fingerprint density at radius 1 is 1.24 bits per heavy atom. The lowest BCUT2D eigenvalue weighted by Crippen LogP contribution is -2.11. The van der Waals surface area contributed by atoms with E-state index in [-0.39, 0.29) is 5.91 Å². The molecule has 4 aromatic rings. The molecule has 0 radical (unpaired) electrons. The molecule has 3 heterocycles. The van der Waals surface area contributed by atoms with Crippen LogP contribution in [0.25, 0.3) is 16.7 Å². The first-order valence-electron chi connectivity index (χ1n) is 6.21. The number of carbonyl (C=O) groups is 1. The standard InChI is InChI=1S/C13H9N7O/c21-13(9-7-15-20-5-1-4-14-12(9)20)16-8-2-3-10-11(6-8)18-19-17-10/h1-7H,(H,16,21)(H,17,18,19). The largest absolute Gasteiger partial charge is 0.322 e. The van der Waals surface area contributed by atoms with E-state index in [4.69, 9.17) is 0 Å². The Morgan fingerprint density at radius 3 is 3.10 bits per heavy atom. The van der Waals surface area contributed by atoms with E-state index in [9.17, 15) is 4.79 Å². The predicted octanol–water partition coefficient (Wildman–Crippen LogP) is 1.25. The predicted molar refractivity (Wildman–Crippen MR) is 74.8 cm³/mol. The van der Waals surface area contributed by atoms with Gasteiger partial charge in [-0.15, -0.1) is 0 Å². The van der Waals surface area contributed by atoms with Crippen LogP contribution in [0.5, 0.6) is 0 Å². The Balaban J connectivity index is 1.68. The molecule has 0 unspecified atom stereocenters. The van der Waals surface area contributed by atoms with Crippen molar-refractivity contribution < 1.29 is 4.79 Å². The lowest BCUT2D eigenvalue weighted by molar-refractivity contribution is 0.102. The minimum Gasteiger partial charge on any atom is -0.322 e. The summed E-state index contributed by atoms with van der Waals surface area (Å²) in [5.41, 5.74) is 2.99. The van der Waals surface area contributed by atoms with Crippen LogP contribution in [0.2, 0.25) is 0 Å². The van der Waals surface area contributed by atoms with E-state index in [1.165, 1.54) is 6.20 Å². The number of aromatic amines is 1. The van der Waals surface area contributed by atoms with Crippen LogP contribution in [0.1, 0.15) is 10.4 Å². The average Bonchev–Trinajstić information content (AvgIpc) is 3.13. The molecule has 0 saturated heterocycles. The summed E-state index contributed by atoms with van der Waals surface area (Å²) >= 11 is 0. The number of amides is 1. The van der Waals surface area contributed by atoms with Gasteiger partial charge in [0.15, 0.2) is 5.65 Å². The molecule has 0 bridgehead atoms. The molecule has 0 saturated carbocycles. The molecule has 0 spiro atoms. The molecule has 1 aromatic carbocycles. The van der Waals surface area contributed by atoms with Crippen molar-refractivity contribution in [3.8, 4) is 0 Å². The van der Waals surface area contributed by atoms with Gasteiger partial charge in [-0.05, 0) is 24.3 Å². The second-order valence-electron chi connectivity index (χ2n) is 4.43. The Hall–Kier alpha value is -3.29. The third kappa shape index (κ3) is 1.89. The zero-order chi connectivity index (χ0) is 14.2. The van der Waals surface area contributed by atoms with Crippen LogP contribution < -0.4 is 5.32 Å². The summed E-state index contributed by atoms with van der Waals surface area (Å²) in [4.78, 5) is 16.5. The molecule has 0 aliphatic heterocycles. The number of hydrogen-bond donors (Lipinski definition) is 2. The third-order valence-corrected chi connectivity index (χ3v) is 3.10. The highest BCUT2D eigenvalue weighted by atomic mass is 16.1. The maximum Gasteiger partial charge on any atom is 0.261 e. The molecule has 21 heavy (non-hydrogen) atoms. The van der Waals surface area contributed by atoms with Crippen LogP contribution in [0, 0.1) is 0 Å². The second kappa shape index (κ2) is 4.37. The fourth-order valence-corrected chi connectivity index (χ4v) is 2.10. The van der Waals surface area contributed by atoms with Gasteiger partial charge < -0.3 is 5.32 Å². The normalized spacial score (nSPS) is 11.0. The molecule has 0 aliphatic rings. The number of aromatic nitrogens is 6. The van der Waals surface area contributed by atoms with E-state index >= 15 is 0 Å². The van der Waals surface area contributed by atoms with Crippen molar-refractivity contribution in [1.82, 2.24) is 30.0 Å². The van der Waals surface area contributed by atoms with Crippen molar-refractivity contribution in [2.45, 2.75) is 0 Å². The van der Waals surface area contributed by atoms with E-state index in [0.717, 1.165) is 5.52 Å². The van der Waals surface area contributed by atoms with Gasteiger partial charge in [0.25, 0.3) is 5.91 Å². The van der Waals surface area contributed by atoms with Crippen LogP contribution in [0.4, 0.5) is 5.69 Å². The first-order valence-corrected chi connectivity index (χ1v) is 6.21. The molecule has 2 N–H and O–H groups in total. The lowest BCUT2D eigenvalue weighted by atomic mass is 10.2. The molecular formula is C13H9N7O. The summed E-state index contributed by atoms with van der Waals surface area (Å²) in [6.07, 6.45) is 4.85. The number of fused-ring (bicyclic) bond motifs is 2. The summed E-state index contributed by atoms with van der Waals surface area (Å²) < 4.78 is 1.55. The fourth-order valence-electron chi connectivity index (χ4n) is 2.10. The van der Waals surface area contributed by atoms with Gasteiger partial charge in [-0.3, -0.25) is 4.79 Å². The van der Waals surface area contributed by atoms with E-state index in [2.05, 4.69) is 30.8 Å². The molecule has 3 aromatic heterocycles. The number of nitrogens with zero attached hydrogens (tertiary/aromatic N) is 5. The number of carbonyl (C=O) groups excluding carboxylic acids is 1. The molecule has 0 fully saturated rings. The van der Waals surface area contributed by atoms with Gasteiger partial charge in [-0.1, -0.05) is 0 Å². The number of anilines is 1. The van der Waals surface area contributed by atoms with Gasteiger partial charge in [0.2, 0.25) is 0 Å². The first kappa shape index (κ1) is 11.5. The monoisotopic (exact) mass is 279 g/mol. The Morgan fingerprint density at radius 2 is 2.14 bits per heavy atom. The van der Waals surface area contributed by atoms with Gasteiger partial charge in [0.05, 0.1) is 6.20 Å². The summed E-state index contributed by atoms with van der Waals surface area (Å²) in [5.74, 6) is -0.272. The number of hydrogen-bond acceptors (Lipinski definition) is 5. The van der Waals surface area contributed by atoms with Crippen LogP contribution in [0.3, 0.4) is 0 Å². The van der Waals surface area contributed by atoms with Gasteiger partial charge >= 0.3 is 0 Å². The third-order valence-electron chi connectivity index (χ3n) is 3.10. The van der Waals surface area contributed by atoms with E-state index < -0.39 is 0 Å². The minimum absolute atomic E-state index is 0.272. The highest BCUT2D eigenvalue weighted by Gasteiger charge is 2.14. The quantitative estimate of drug-likeness (QED) is 0.575. The van der Waals surface area contributed by atoms with Gasteiger partial charge in [-0.25, -0.2) is 9.50 Å². The highest BCUT2D eigenvalue weighted by molar-refractivity contribution is 6.08. The van der Waals surface area contributed by atoms with Gasteiger partial charge in [-0.2, -0.15) is 20.5 Å². The van der Waals surface area contributed by atoms with E-state index in [1.54, 1.807) is 41.2 Å². The maximum atomic E-state index is 12.3. The van der Waals surface area contributed by atoms with Crippen molar-refractivity contribution in [1.29, 1.82) is 0 Å². The summed E-state index contributed by atoms with van der Waals surface area (Å²) in [5, 5.41) is 17.4. The van der Waals surface area contributed by atoms with Crippen molar-refractivity contribution in [3.05, 3.63) is 48.4 Å². The molecule has 4 rings (SSSR count). The van der Waals surface area contributed by atoms with Gasteiger partial charge in [0, 0.05) is 18.1 Å². The zero-order valence-corrected chi connectivity index (χ0v) is 10.7. The SMILES string of the molecule is O=C(Nc1ccc2n[nH]nc2c1)c1cnn2cccnc12. The fraction of sp³-hybridized carbons (Fsp3) is 0. The topological polar surface area (TPSA) is 101 Å². The van der Waals surface area contributed by atoms with E-state index in [1.807, 2.05) is 0 Å². The smallest absolute Gasteiger partial charge is 0.261 e.